The van der Waals surface area contributed by atoms with Crippen LogP contribution >= 0.6 is 0 Å². The van der Waals surface area contributed by atoms with Crippen LogP contribution in [-0.2, 0) is 20.7 Å². The molecule has 0 saturated carbocycles. The first-order valence-corrected chi connectivity index (χ1v) is 9.76. The predicted molar refractivity (Wildman–Crippen MR) is 96.7 cm³/mol. The van der Waals surface area contributed by atoms with Gasteiger partial charge in [-0.2, -0.15) is 13.2 Å². The third kappa shape index (κ3) is 6.35. The smallest absolute Gasteiger partial charge is 0.491 e. The number of carbonyl (C=O) groups excluding carboxylic acids is 2. The van der Waals surface area contributed by atoms with Crippen LogP contribution in [0.1, 0.15) is 37.7 Å². The summed E-state index contributed by atoms with van der Waals surface area (Å²) in [5.41, 5.74) is 0.917. The summed E-state index contributed by atoms with van der Waals surface area (Å²) >= 11 is 0. The predicted octanol–water partition coefficient (Wildman–Crippen LogP) is 3.17. The molecule has 1 aromatic rings. The highest BCUT2D eigenvalue weighted by Gasteiger charge is 2.42. The zero-order chi connectivity index (χ0) is 20.9. The summed E-state index contributed by atoms with van der Waals surface area (Å²) in [7, 11) is 0. The van der Waals surface area contributed by atoms with E-state index in [4.69, 9.17) is 9.47 Å². The molecule has 29 heavy (non-hydrogen) atoms. The Kier molecular flexibility index (Phi) is 7.00. The number of benzene rings is 1. The zero-order valence-electron chi connectivity index (χ0n) is 15.9. The molecule has 1 saturated heterocycles. The maximum absolute atomic E-state index is 12.1. The molecule has 0 amide bonds. The molecule has 9 heteroatoms. The lowest BCUT2D eigenvalue weighted by atomic mass is 9.95. The molecule has 2 aliphatic heterocycles. The van der Waals surface area contributed by atoms with Crippen molar-refractivity contribution in [2.75, 3.05) is 19.7 Å². The lowest BCUT2D eigenvalue weighted by Crippen LogP contribution is -2.31. The summed E-state index contributed by atoms with van der Waals surface area (Å²) in [6, 6.07) is 5.39. The van der Waals surface area contributed by atoms with E-state index in [0.29, 0.717) is 31.1 Å². The van der Waals surface area contributed by atoms with Crippen molar-refractivity contribution in [1.82, 2.24) is 5.32 Å². The largest absolute Gasteiger partial charge is 0.494 e. The van der Waals surface area contributed by atoms with E-state index in [0.717, 1.165) is 30.8 Å². The molecule has 1 atom stereocenters. The van der Waals surface area contributed by atoms with E-state index in [-0.39, 0.29) is 0 Å². The normalized spacial score (nSPS) is 19.8. The number of nitrogens with one attached hydrogen (secondary N) is 1. The van der Waals surface area contributed by atoms with Gasteiger partial charge in [0.15, 0.2) is 0 Å². The monoisotopic (exact) mass is 415 g/mol. The van der Waals surface area contributed by atoms with Crippen molar-refractivity contribution in [3.63, 3.8) is 0 Å². The van der Waals surface area contributed by atoms with E-state index >= 15 is 0 Å². The van der Waals surface area contributed by atoms with E-state index in [1.807, 2.05) is 6.07 Å². The molecular formula is C20H24F3NO5. The summed E-state index contributed by atoms with van der Waals surface area (Å²) < 4.78 is 51.8. The molecule has 0 bridgehead atoms. The average molecular weight is 415 g/mol. The van der Waals surface area contributed by atoms with Gasteiger partial charge in [-0.15, -0.1) is 0 Å². The number of piperidine rings is 1. The number of alkyl halides is 3. The number of esters is 2. The van der Waals surface area contributed by atoms with Gasteiger partial charge < -0.3 is 19.5 Å². The Labute approximate surface area is 166 Å². The second kappa shape index (κ2) is 9.47. The molecule has 6 nitrogen and oxygen atoms in total. The van der Waals surface area contributed by atoms with E-state index in [1.54, 1.807) is 12.1 Å². The molecule has 0 radical (unpaired) electrons. The molecule has 160 valence electrons. The molecule has 2 heterocycles. The van der Waals surface area contributed by atoms with Crippen LogP contribution in [0.4, 0.5) is 13.2 Å². The summed E-state index contributed by atoms with van der Waals surface area (Å²) in [5, 5.41) is 3.34. The molecular weight excluding hydrogens is 391 g/mol. The Bertz CT molecular complexity index is 731. The maximum atomic E-state index is 12.1. The van der Waals surface area contributed by atoms with Gasteiger partial charge in [0, 0.05) is 0 Å². The van der Waals surface area contributed by atoms with E-state index in [1.165, 1.54) is 12.8 Å². The minimum Gasteiger partial charge on any atom is -0.494 e. The second-order valence-electron chi connectivity index (χ2n) is 7.34. The molecule has 1 unspecified atom stereocenters. The topological polar surface area (TPSA) is 73.9 Å². The van der Waals surface area contributed by atoms with Crippen LogP contribution in [0.25, 0.3) is 0 Å². The summed E-state index contributed by atoms with van der Waals surface area (Å²) in [6.45, 7) is 2.76. The van der Waals surface area contributed by atoms with Gasteiger partial charge in [-0.1, -0.05) is 0 Å². The van der Waals surface area contributed by atoms with Crippen molar-refractivity contribution < 1.29 is 37.0 Å². The van der Waals surface area contributed by atoms with Crippen LogP contribution in [-0.4, -0.2) is 43.9 Å². The van der Waals surface area contributed by atoms with Crippen LogP contribution < -0.4 is 14.8 Å². The number of rotatable bonds is 6. The number of carbonyl (C=O) groups is 2. The van der Waals surface area contributed by atoms with Gasteiger partial charge in [0.25, 0.3) is 0 Å². The zero-order valence-corrected chi connectivity index (χ0v) is 15.9. The fraction of sp³-hybridized carbons (Fsp3) is 0.600. The number of ether oxygens (including phenoxy) is 3. The van der Waals surface area contributed by atoms with Gasteiger partial charge >= 0.3 is 18.1 Å². The maximum Gasteiger partial charge on any atom is 0.491 e. The standard InChI is InChI=1S/C20H24F3NO5/c21-20(22,23)19(26)29-18(25)12-16-2-1-14-11-15(3-4-17(14)28-16)27-10-7-13-5-8-24-9-6-13/h3-4,11,13,16,24H,1-2,5-10,12H2. The van der Waals surface area contributed by atoms with Crippen LogP contribution in [0.5, 0.6) is 11.5 Å². The third-order valence-electron chi connectivity index (χ3n) is 5.15. The average Bonchev–Trinajstić information content (AvgIpc) is 2.68. The molecule has 0 spiro atoms. The van der Waals surface area contributed by atoms with Crippen LogP contribution in [0.2, 0.25) is 0 Å². The van der Waals surface area contributed by atoms with E-state index in [9.17, 15) is 22.8 Å². The van der Waals surface area contributed by atoms with Crippen molar-refractivity contribution in [2.24, 2.45) is 5.92 Å². The summed E-state index contributed by atoms with van der Waals surface area (Å²) in [4.78, 5) is 22.3. The Hall–Kier alpha value is -2.29. The fourth-order valence-electron chi connectivity index (χ4n) is 3.56. The quantitative estimate of drug-likeness (QED) is 0.568. The third-order valence-corrected chi connectivity index (χ3v) is 5.15. The first-order chi connectivity index (χ1) is 13.8. The van der Waals surface area contributed by atoms with Gasteiger partial charge in [0.05, 0.1) is 13.0 Å². The second-order valence-corrected chi connectivity index (χ2v) is 7.34. The Morgan fingerprint density at radius 2 is 1.93 bits per heavy atom. The molecule has 1 N–H and O–H groups in total. The molecule has 3 rings (SSSR count). The van der Waals surface area contributed by atoms with Gasteiger partial charge in [0.2, 0.25) is 0 Å². The highest BCUT2D eigenvalue weighted by molar-refractivity contribution is 5.88. The van der Waals surface area contributed by atoms with Crippen molar-refractivity contribution in [1.29, 1.82) is 0 Å². The fourth-order valence-corrected chi connectivity index (χ4v) is 3.56. The molecule has 0 aromatic heterocycles. The molecule has 1 fully saturated rings. The highest BCUT2D eigenvalue weighted by Crippen LogP contribution is 2.32. The molecule has 1 aromatic carbocycles. The Morgan fingerprint density at radius 1 is 1.17 bits per heavy atom. The van der Waals surface area contributed by atoms with Crippen molar-refractivity contribution >= 4 is 11.9 Å². The van der Waals surface area contributed by atoms with Gasteiger partial charge in [-0.3, -0.25) is 4.79 Å². The van der Waals surface area contributed by atoms with Gasteiger partial charge in [-0.05, 0) is 74.9 Å². The SMILES string of the molecule is O=C(CC1CCc2cc(OCCC3CCNCC3)ccc2O1)OC(=O)C(F)(F)F. The van der Waals surface area contributed by atoms with Crippen LogP contribution in [0.15, 0.2) is 18.2 Å². The Morgan fingerprint density at radius 3 is 2.66 bits per heavy atom. The minimum atomic E-state index is -5.19. The number of aryl methyl sites for hydroxylation is 1. The van der Waals surface area contributed by atoms with Gasteiger partial charge in [-0.25, -0.2) is 4.79 Å². The van der Waals surface area contributed by atoms with Crippen LogP contribution in [0, 0.1) is 5.92 Å². The van der Waals surface area contributed by atoms with Gasteiger partial charge in [0.1, 0.15) is 17.6 Å². The van der Waals surface area contributed by atoms with E-state index < -0.39 is 30.6 Å². The summed E-state index contributed by atoms with van der Waals surface area (Å²) in [6.07, 6.45) is -1.89. The number of fused-ring (bicyclic) bond motifs is 1. The number of hydrogen-bond acceptors (Lipinski definition) is 6. The first-order valence-electron chi connectivity index (χ1n) is 9.76. The van der Waals surface area contributed by atoms with Crippen molar-refractivity contribution in [2.45, 2.75) is 50.8 Å². The number of halogens is 3. The Balaban J connectivity index is 1.46. The summed E-state index contributed by atoms with van der Waals surface area (Å²) in [5.74, 6) is -1.78. The highest BCUT2D eigenvalue weighted by atomic mass is 19.4. The van der Waals surface area contributed by atoms with Crippen LogP contribution in [0.3, 0.4) is 0 Å². The minimum absolute atomic E-state index is 0.421. The number of hydrogen-bond donors (Lipinski definition) is 1. The first kappa shape index (κ1) is 21.4. The van der Waals surface area contributed by atoms with Crippen molar-refractivity contribution in [3.05, 3.63) is 23.8 Å². The molecule has 2 aliphatic rings. The van der Waals surface area contributed by atoms with E-state index in [2.05, 4.69) is 10.1 Å². The lowest BCUT2D eigenvalue weighted by Gasteiger charge is -2.26. The lowest BCUT2D eigenvalue weighted by molar-refractivity contribution is -0.202. The van der Waals surface area contributed by atoms with Crippen molar-refractivity contribution in [3.8, 4) is 11.5 Å². The molecule has 0 aliphatic carbocycles.